The summed E-state index contributed by atoms with van der Waals surface area (Å²) in [5, 5.41) is 14.4. The van der Waals surface area contributed by atoms with Gasteiger partial charge in [0.2, 0.25) is 5.91 Å². The number of pyridine rings is 1. The molecule has 0 unspecified atom stereocenters. The first-order valence-corrected chi connectivity index (χ1v) is 10.7. The number of anilines is 4. The van der Waals surface area contributed by atoms with Crippen LogP contribution < -0.4 is 20.9 Å². The molecule has 9 nitrogen and oxygen atoms in total. The number of hydrogen-bond acceptors (Lipinski definition) is 7. The standard InChI is InChI=1S/C22H26N8O/c1-14(25-15-6-3-7-15)16-13-24-30-20(23-2)12-18(28-22(16)30)26-17-8-4-9-19(27-17)29-11-5-10-21(29)31/h4,8-9,12-13,15,23,25H,1,3,5-7,10-11H2,2H3,(H,26,27,28). The number of nitrogens with zero attached hydrogens (tertiary/aromatic N) is 5. The van der Waals surface area contributed by atoms with Crippen LogP contribution in [0.25, 0.3) is 11.3 Å². The fourth-order valence-corrected chi connectivity index (χ4v) is 3.96. The van der Waals surface area contributed by atoms with E-state index in [-0.39, 0.29) is 5.91 Å². The molecule has 1 aliphatic carbocycles. The van der Waals surface area contributed by atoms with Crippen molar-refractivity contribution in [2.45, 2.75) is 38.1 Å². The van der Waals surface area contributed by atoms with Crippen LogP contribution in [0.15, 0.2) is 37.0 Å². The van der Waals surface area contributed by atoms with Crippen LogP contribution in [0.3, 0.4) is 0 Å². The van der Waals surface area contributed by atoms with E-state index in [0.29, 0.717) is 42.1 Å². The summed E-state index contributed by atoms with van der Waals surface area (Å²) in [6.07, 6.45) is 6.82. The van der Waals surface area contributed by atoms with Crippen LogP contribution in [0.4, 0.5) is 23.3 Å². The van der Waals surface area contributed by atoms with Crippen LogP contribution >= 0.6 is 0 Å². The maximum absolute atomic E-state index is 12.1. The van der Waals surface area contributed by atoms with Crippen molar-refractivity contribution in [3.63, 3.8) is 0 Å². The van der Waals surface area contributed by atoms with Crippen LogP contribution in [-0.2, 0) is 4.79 Å². The predicted octanol–water partition coefficient (Wildman–Crippen LogP) is 3.15. The van der Waals surface area contributed by atoms with E-state index in [1.807, 2.05) is 31.3 Å². The second kappa shape index (κ2) is 7.90. The van der Waals surface area contributed by atoms with E-state index in [9.17, 15) is 4.79 Å². The first kappa shape index (κ1) is 19.3. The van der Waals surface area contributed by atoms with Crippen molar-refractivity contribution >= 4 is 40.5 Å². The number of rotatable bonds is 7. The minimum Gasteiger partial charge on any atom is -0.382 e. The van der Waals surface area contributed by atoms with Crippen LogP contribution in [0, 0.1) is 0 Å². The maximum Gasteiger partial charge on any atom is 0.228 e. The third-order valence-corrected chi connectivity index (χ3v) is 5.88. The number of fused-ring (bicyclic) bond motifs is 1. The molecule has 5 rings (SSSR count). The lowest BCUT2D eigenvalue weighted by molar-refractivity contribution is -0.117. The molecule has 0 spiro atoms. The van der Waals surface area contributed by atoms with Crippen LogP contribution in [0.5, 0.6) is 0 Å². The molecule has 2 fully saturated rings. The third kappa shape index (κ3) is 3.67. The largest absolute Gasteiger partial charge is 0.382 e. The SMILES string of the molecule is C=C(NC1CCC1)c1cnn2c(NC)cc(Nc3cccc(N4CCCC4=O)n3)nc12. The first-order chi connectivity index (χ1) is 15.1. The predicted molar refractivity (Wildman–Crippen MR) is 121 cm³/mol. The molecular formula is C22H26N8O. The topological polar surface area (TPSA) is 99.5 Å². The Hall–Kier alpha value is -3.62. The minimum absolute atomic E-state index is 0.114. The van der Waals surface area contributed by atoms with Crippen molar-refractivity contribution in [1.29, 1.82) is 0 Å². The van der Waals surface area contributed by atoms with Gasteiger partial charge < -0.3 is 16.0 Å². The van der Waals surface area contributed by atoms with E-state index in [0.717, 1.165) is 23.5 Å². The molecule has 0 aromatic carbocycles. The fraction of sp³-hybridized carbons (Fsp3) is 0.364. The van der Waals surface area contributed by atoms with Crippen molar-refractivity contribution < 1.29 is 4.79 Å². The molecule has 9 heteroatoms. The molecule has 1 aliphatic heterocycles. The van der Waals surface area contributed by atoms with Crippen LogP contribution in [0.1, 0.15) is 37.7 Å². The second-order valence-electron chi connectivity index (χ2n) is 7.98. The zero-order valence-corrected chi connectivity index (χ0v) is 17.6. The molecule has 160 valence electrons. The molecule has 2 aliphatic rings. The van der Waals surface area contributed by atoms with E-state index in [2.05, 4.69) is 32.6 Å². The quantitative estimate of drug-likeness (QED) is 0.542. The number of amides is 1. The fourth-order valence-electron chi connectivity index (χ4n) is 3.96. The van der Waals surface area contributed by atoms with E-state index in [1.165, 1.54) is 19.3 Å². The van der Waals surface area contributed by atoms with E-state index in [4.69, 9.17) is 4.98 Å². The molecule has 3 N–H and O–H groups in total. The molecule has 1 saturated heterocycles. The minimum atomic E-state index is 0.114. The summed E-state index contributed by atoms with van der Waals surface area (Å²) in [5.74, 6) is 2.82. The van der Waals surface area contributed by atoms with Crippen LogP contribution in [0.2, 0.25) is 0 Å². The van der Waals surface area contributed by atoms with Crippen molar-refractivity contribution in [1.82, 2.24) is 24.9 Å². The van der Waals surface area contributed by atoms with E-state index < -0.39 is 0 Å². The smallest absolute Gasteiger partial charge is 0.228 e. The van der Waals surface area contributed by atoms with Gasteiger partial charge in [-0.2, -0.15) is 9.61 Å². The molecule has 0 radical (unpaired) electrons. The van der Waals surface area contributed by atoms with Gasteiger partial charge in [-0.3, -0.25) is 9.69 Å². The Kier molecular flexibility index (Phi) is 4.93. The molecule has 0 bridgehead atoms. The molecule has 3 aromatic rings. The highest BCUT2D eigenvalue weighted by atomic mass is 16.2. The van der Waals surface area contributed by atoms with Gasteiger partial charge >= 0.3 is 0 Å². The average Bonchev–Trinajstić information content (AvgIpc) is 3.36. The molecule has 4 heterocycles. The summed E-state index contributed by atoms with van der Waals surface area (Å²) in [6, 6.07) is 7.97. The lowest BCUT2D eigenvalue weighted by atomic mass is 9.93. The van der Waals surface area contributed by atoms with Gasteiger partial charge in [0.05, 0.1) is 11.8 Å². The lowest BCUT2D eigenvalue weighted by Crippen LogP contribution is -2.33. The number of carbonyl (C=O) groups is 1. The van der Waals surface area contributed by atoms with Gasteiger partial charge in [-0.15, -0.1) is 0 Å². The van der Waals surface area contributed by atoms with Gasteiger partial charge in [-0.05, 0) is 37.8 Å². The Morgan fingerprint density at radius 1 is 1.19 bits per heavy atom. The number of hydrogen-bond donors (Lipinski definition) is 3. The summed E-state index contributed by atoms with van der Waals surface area (Å²) in [7, 11) is 1.85. The Morgan fingerprint density at radius 3 is 2.77 bits per heavy atom. The van der Waals surface area contributed by atoms with Crippen LogP contribution in [-0.4, -0.2) is 45.1 Å². The van der Waals surface area contributed by atoms with Crippen molar-refractivity contribution in [3.05, 3.63) is 42.6 Å². The van der Waals surface area contributed by atoms with Crippen molar-refractivity contribution in [2.75, 3.05) is 29.1 Å². The number of nitrogens with one attached hydrogen (secondary N) is 3. The van der Waals surface area contributed by atoms with Gasteiger partial charge in [0.15, 0.2) is 5.65 Å². The van der Waals surface area contributed by atoms with E-state index >= 15 is 0 Å². The van der Waals surface area contributed by atoms with Gasteiger partial charge in [0.25, 0.3) is 0 Å². The molecule has 3 aromatic heterocycles. The number of carbonyl (C=O) groups excluding carboxylic acids is 1. The summed E-state index contributed by atoms with van der Waals surface area (Å²) < 4.78 is 1.76. The molecular weight excluding hydrogens is 392 g/mol. The summed E-state index contributed by atoms with van der Waals surface area (Å²) >= 11 is 0. The van der Waals surface area contributed by atoms with Gasteiger partial charge in [-0.25, -0.2) is 9.97 Å². The average molecular weight is 419 g/mol. The van der Waals surface area contributed by atoms with E-state index in [1.54, 1.807) is 15.6 Å². The third-order valence-electron chi connectivity index (χ3n) is 5.88. The monoisotopic (exact) mass is 418 g/mol. The normalized spacial score (nSPS) is 16.4. The van der Waals surface area contributed by atoms with Crippen molar-refractivity contribution in [2.24, 2.45) is 0 Å². The first-order valence-electron chi connectivity index (χ1n) is 10.7. The lowest BCUT2D eigenvalue weighted by Gasteiger charge is -2.28. The zero-order valence-electron chi connectivity index (χ0n) is 17.6. The number of aromatic nitrogens is 4. The summed E-state index contributed by atoms with van der Waals surface area (Å²) in [5.41, 5.74) is 2.41. The highest BCUT2D eigenvalue weighted by Crippen LogP contribution is 2.27. The van der Waals surface area contributed by atoms with Gasteiger partial charge in [-0.1, -0.05) is 12.6 Å². The maximum atomic E-state index is 12.1. The Labute approximate surface area is 180 Å². The Bertz CT molecular complexity index is 1150. The second-order valence-corrected chi connectivity index (χ2v) is 7.98. The highest BCUT2D eigenvalue weighted by molar-refractivity contribution is 5.94. The van der Waals surface area contributed by atoms with Gasteiger partial charge in [0, 0.05) is 37.8 Å². The Balaban J connectivity index is 1.45. The zero-order chi connectivity index (χ0) is 21.4. The molecule has 1 saturated carbocycles. The Morgan fingerprint density at radius 2 is 2.06 bits per heavy atom. The summed E-state index contributed by atoms with van der Waals surface area (Å²) in [6.45, 7) is 4.91. The molecule has 31 heavy (non-hydrogen) atoms. The highest BCUT2D eigenvalue weighted by Gasteiger charge is 2.23. The van der Waals surface area contributed by atoms with Crippen molar-refractivity contribution in [3.8, 4) is 0 Å². The molecule has 1 amide bonds. The van der Waals surface area contributed by atoms with Gasteiger partial charge in [0.1, 0.15) is 23.3 Å². The summed E-state index contributed by atoms with van der Waals surface area (Å²) in [4.78, 5) is 23.2. The molecule has 0 atom stereocenters.